The zero-order valence-corrected chi connectivity index (χ0v) is 21.1. The van der Waals surface area contributed by atoms with E-state index in [1.165, 1.54) is 31.2 Å². The molecule has 0 unspecified atom stereocenters. The zero-order valence-electron chi connectivity index (χ0n) is 11.6. The highest BCUT2D eigenvalue weighted by Crippen LogP contribution is 2.26. The summed E-state index contributed by atoms with van der Waals surface area (Å²) in [6, 6.07) is 12.5. The fourth-order valence-corrected chi connectivity index (χ4v) is 6.14. The molecule has 22 heavy (non-hydrogen) atoms. The number of hydrogen-bond acceptors (Lipinski definition) is 0. The quantitative estimate of drug-likeness (QED) is 0.284. The first-order valence-corrected chi connectivity index (χ1v) is 12.4. The Morgan fingerprint density at radius 2 is 0.727 bits per heavy atom. The maximum absolute atomic E-state index is 3.54. The Morgan fingerprint density at radius 1 is 0.500 bits per heavy atom. The summed E-state index contributed by atoms with van der Waals surface area (Å²) in [5.41, 5.74) is 5.17. The van der Waals surface area contributed by atoms with Crippen molar-refractivity contribution in [3.63, 3.8) is 0 Å². The summed E-state index contributed by atoms with van der Waals surface area (Å²) in [5, 5.41) is 3.59. The molecule has 0 heterocycles. The third-order valence-electron chi connectivity index (χ3n) is 2.89. The van der Waals surface area contributed by atoms with E-state index in [0.717, 1.165) is 21.3 Å². The minimum atomic E-state index is 0.897. The lowest BCUT2D eigenvalue weighted by molar-refractivity contribution is 1.31. The fraction of sp³-hybridized carbons (Fsp3) is 0.250. The lowest BCUT2D eigenvalue weighted by Gasteiger charge is -2.03. The second-order valence-corrected chi connectivity index (χ2v) is 8.14. The molecule has 0 aliphatic carbocycles. The highest BCUT2D eigenvalue weighted by atomic mass is 79.9. The normalized spacial score (nSPS) is 10.1. The molecule has 2 aromatic carbocycles. The predicted octanol–water partition coefficient (Wildman–Crippen LogP) is 8.48. The first-order chi connectivity index (χ1) is 10.6. The maximum Gasteiger partial charge on any atom is 0.0294 e. The molecule has 0 fully saturated rings. The van der Waals surface area contributed by atoms with Crippen LogP contribution >= 0.6 is 95.6 Å². The van der Waals surface area contributed by atoms with Crippen LogP contribution in [0, 0.1) is 0 Å². The van der Waals surface area contributed by atoms with E-state index in [1.54, 1.807) is 0 Å². The van der Waals surface area contributed by atoms with Crippen LogP contribution < -0.4 is 0 Å². The largest absolute Gasteiger partial charge is 0.0876 e. The van der Waals surface area contributed by atoms with Gasteiger partial charge in [0.1, 0.15) is 0 Å². The zero-order chi connectivity index (χ0) is 16.5. The summed E-state index contributed by atoms with van der Waals surface area (Å²) in [7, 11) is 0. The van der Waals surface area contributed by atoms with Gasteiger partial charge >= 0.3 is 0 Å². The van der Waals surface area contributed by atoms with E-state index in [-0.39, 0.29) is 0 Å². The highest BCUT2D eigenvalue weighted by molar-refractivity contribution is 9.11. The van der Waals surface area contributed by atoms with Gasteiger partial charge in [0.15, 0.2) is 0 Å². The Balaban J connectivity index is 0.000000220. The number of rotatable bonds is 4. The van der Waals surface area contributed by atoms with Gasteiger partial charge in [0.2, 0.25) is 0 Å². The van der Waals surface area contributed by atoms with Crippen LogP contribution in [0.5, 0.6) is 0 Å². The fourth-order valence-electron chi connectivity index (χ4n) is 1.68. The van der Waals surface area contributed by atoms with Gasteiger partial charge in [-0.2, -0.15) is 0 Å². The smallest absolute Gasteiger partial charge is 0.0294 e. The summed E-state index contributed by atoms with van der Waals surface area (Å²) in [6.07, 6.45) is 0. The van der Waals surface area contributed by atoms with Gasteiger partial charge in [0.25, 0.3) is 0 Å². The number of halogens is 6. The molecule has 0 radical (unpaired) electrons. The van der Waals surface area contributed by atoms with E-state index in [1.807, 2.05) is 0 Å². The minimum Gasteiger partial charge on any atom is -0.0876 e. The van der Waals surface area contributed by atoms with Gasteiger partial charge in [-0.15, -0.1) is 0 Å². The van der Waals surface area contributed by atoms with E-state index in [4.69, 9.17) is 0 Å². The number of alkyl halides is 4. The Hall–Kier alpha value is 1.32. The first kappa shape index (κ1) is 21.4. The molecule has 0 nitrogen and oxygen atoms in total. The van der Waals surface area contributed by atoms with Gasteiger partial charge in [0, 0.05) is 30.3 Å². The molecule has 0 amide bonds. The molecule has 2 rings (SSSR count). The van der Waals surface area contributed by atoms with Gasteiger partial charge in [-0.25, -0.2) is 0 Å². The topological polar surface area (TPSA) is 0 Å². The van der Waals surface area contributed by atoms with Crippen molar-refractivity contribution in [2.75, 3.05) is 0 Å². The molecule has 0 saturated heterocycles. The van der Waals surface area contributed by atoms with E-state index < -0.39 is 0 Å². The van der Waals surface area contributed by atoms with Crippen LogP contribution in [0.15, 0.2) is 45.3 Å². The summed E-state index contributed by atoms with van der Waals surface area (Å²) in [5.74, 6) is 0. The third kappa shape index (κ3) is 6.32. The van der Waals surface area contributed by atoms with E-state index >= 15 is 0 Å². The molecule has 0 saturated carbocycles. The van der Waals surface area contributed by atoms with Crippen LogP contribution in [0.1, 0.15) is 22.3 Å². The summed E-state index contributed by atoms with van der Waals surface area (Å²) in [4.78, 5) is 0. The average molecular weight is 686 g/mol. The molecular formula is C16H14Br6. The van der Waals surface area contributed by atoms with Crippen molar-refractivity contribution in [2.24, 2.45) is 0 Å². The van der Waals surface area contributed by atoms with Crippen molar-refractivity contribution in [3.05, 3.63) is 67.6 Å². The third-order valence-corrected chi connectivity index (χ3v) is 7.35. The molecule has 120 valence electrons. The van der Waals surface area contributed by atoms with E-state index in [9.17, 15) is 0 Å². The minimum absolute atomic E-state index is 0.897. The van der Waals surface area contributed by atoms with Gasteiger partial charge < -0.3 is 0 Å². The molecule has 0 atom stereocenters. The van der Waals surface area contributed by atoms with E-state index in [2.05, 4.69) is 132 Å². The van der Waals surface area contributed by atoms with E-state index in [0.29, 0.717) is 0 Å². The maximum atomic E-state index is 3.54. The Kier molecular flexibility index (Phi) is 11.5. The van der Waals surface area contributed by atoms with Crippen molar-refractivity contribution in [1.29, 1.82) is 0 Å². The van der Waals surface area contributed by atoms with Crippen molar-refractivity contribution in [1.82, 2.24) is 0 Å². The molecule has 2 aromatic rings. The Bertz CT molecular complexity index is 499. The summed E-state index contributed by atoms with van der Waals surface area (Å²) < 4.78 is 2.41. The van der Waals surface area contributed by atoms with Crippen molar-refractivity contribution in [2.45, 2.75) is 21.3 Å². The molecule has 6 heteroatoms. The van der Waals surface area contributed by atoms with Crippen LogP contribution in [0.3, 0.4) is 0 Å². The second-order valence-electron chi connectivity index (χ2n) is 4.32. The lowest BCUT2D eigenvalue weighted by Crippen LogP contribution is -1.85. The molecule has 0 bridgehead atoms. The van der Waals surface area contributed by atoms with Crippen molar-refractivity contribution < 1.29 is 0 Å². The van der Waals surface area contributed by atoms with Gasteiger partial charge in [-0.1, -0.05) is 132 Å². The van der Waals surface area contributed by atoms with Gasteiger partial charge in [-0.05, 0) is 22.3 Å². The van der Waals surface area contributed by atoms with Crippen LogP contribution in [0.4, 0.5) is 0 Å². The lowest BCUT2D eigenvalue weighted by atomic mass is 10.2. The van der Waals surface area contributed by atoms with Crippen molar-refractivity contribution >= 4 is 95.6 Å². The number of hydrogen-bond donors (Lipinski definition) is 0. The summed E-state index contributed by atoms with van der Waals surface area (Å²) in [6.45, 7) is 0. The molecule has 0 aliphatic rings. The standard InChI is InChI=1S/2C8H7Br3/c2*9-4-6-2-1-3-7(5-10)8(6)11/h2*1-3H,4-5H2. The molecule has 0 N–H and O–H groups in total. The number of benzene rings is 2. The molecular weight excluding hydrogens is 672 g/mol. The first-order valence-electron chi connectivity index (χ1n) is 6.35. The Labute approximate surface area is 182 Å². The second kappa shape index (κ2) is 11.8. The highest BCUT2D eigenvalue weighted by Gasteiger charge is 2.02. The van der Waals surface area contributed by atoms with Crippen LogP contribution in [-0.2, 0) is 21.3 Å². The average Bonchev–Trinajstić information content (AvgIpc) is 2.56. The van der Waals surface area contributed by atoms with Gasteiger partial charge in [-0.3, -0.25) is 0 Å². The van der Waals surface area contributed by atoms with Crippen LogP contribution in [-0.4, -0.2) is 0 Å². The predicted molar refractivity (Wildman–Crippen MR) is 119 cm³/mol. The molecule has 0 aliphatic heterocycles. The van der Waals surface area contributed by atoms with Crippen LogP contribution in [0.2, 0.25) is 0 Å². The monoisotopic (exact) mass is 680 g/mol. The molecule has 0 spiro atoms. The summed E-state index contributed by atoms with van der Waals surface area (Å²) >= 11 is 20.8. The molecule has 0 aromatic heterocycles. The Morgan fingerprint density at radius 3 is 0.909 bits per heavy atom. The van der Waals surface area contributed by atoms with Gasteiger partial charge in [0.05, 0.1) is 0 Å². The van der Waals surface area contributed by atoms with Crippen molar-refractivity contribution in [3.8, 4) is 0 Å². The van der Waals surface area contributed by atoms with Crippen LogP contribution in [0.25, 0.3) is 0 Å². The SMILES string of the molecule is BrCc1cccc(CBr)c1Br.BrCc1cccc(CBr)c1Br.